The van der Waals surface area contributed by atoms with Gasteiger partial charge in [-0.3, -0.25) is 4.79 Å². The smallest absolute Gasteiger partial charge is 0.329 e. The van der Waals surface area contributed by atoms with Crippen LogP contribution in [0.1, 0.15) is 33.6 Å². The van der Waals surface area contributed by atoms with E-state index in [0.29, 0.717) is 18.8 Å². The molecule has 1 aliphatic rings. The van der Waals surface area contributed by atoms with Crippen molar-refractivity contribution in [3.05, 3.63) is 0 Å². The van der Waals surface area contributed by atoms with Gasteiger partial charge < -0.3 is 14.9 Å². The molecule has 18 heavy (non-hydrogen) atoms. The lowest BCUT2D eigenvalue weighted by Crippen LogP contribution is -2.60. The van der Waals surface area contributed by atoms with E-state index in [0.717, 1.165) is 19.6 Å². The second-order valence-electron chi connectivity index (χ2n) is 5.61. The molecule has 1 amide bonds. The summed E-state index contributed by atoms with van der Waals surface area (Å²) in [5.41, 5.74) is -1.01. The van der Waals surface area contributed by atoms with Crippen LogP contribution in [-0.4, -0.2) is 59.0 Å². The first-order chi connectivity index (χ1) is 8.29. The van der Waals surface area contributed by atoms with E-state index < -0.39 is 11.5 Å². The second-order valence-corrected chi connectivity index (χ2v) is 5.61. The predicted molar refractivity (Wildman–Crippen MR) is 69.3 cm³/mol. The monoisotopic (exact) mass is 256 g/mol. The highest BCUT2D eigenvalue weighted by Gasteiger charge is 2.46. The Balaban J connectivity index is 2.75. The molecule has 0 aromatic rings. The summed E-state index contributed by atoms with van der Waals surface area (Å²) in [6, 6.07) is 0. The van der Waals surface area contributed by atoms with Crippen LogP contribution in [0.25, 0.3) is 0 Å². The maximum absolute atomic E-state index is 11.5. The quantitative estimate of drug-likeness (QED) is 0.816. The number of hydrogen-bond donors (Lipinski definition) is 1. The average Bonchev–Trinajstić information content (AvgIpc) is 2.28. The Morgan fingerprint density at radius 3 is 2.17 bits per heavy atom. The van der Waals surface area contributed by atoms with Crippen molar-refractivity contribution in [1.29, 1.82) is 0 Å². The van der Waals surface area contributed by atoms with Gasteiger partial charge in [0.15, 0.2) is 0 Å². The van der Waals surface area contributed by atoms with E-state index in [4.69, 9.17) is 0 Å². The molecular weight excluding hydrogens is 232 g/mol. The molecule has 5 heteroatoms. The Morgan fingerprint density at radius 1 is 1.33 bits per heavy atom. The summed E-state index contributed by atoms with van der Waals surface area (Å²) in [4.78, 5) is 26.7. The fourth-order valence-corrected chi connectivity index (χ4v) is 2.62. The summed E-state index contributed by atoms with van der Waals surface area (Å²) in [7, 11) is 1.59. The molecule has 0 bridgehead atoms. The third-order valence-electron chi connectivity index (χ3n) is 3.82. The molecule has 5 nitrogen and oxygen atoms in total. The van der Waals surface area contributed by atoms with E-state index in [9.17, 15) is 14.7 Å². The zero-order valence-corrected chi connectivity index (χ0v) is 11.8. The van der Waals surface area contributed by atoms with Crippen LogP contribution in [-0.2, 0) is 9.59 Å². The maximum Gasteiger partial charge on any atom is 0.329 e. The van der Waals surface area contributed by atoms with Crippen LogP contribution in [0.2, 0.25) is 0 Å². The first-order valence-electron chi connectivity index (χ1n) is 6.50. The average molecular weight is 256 g/mol. The van der Waals surface area contributed by atoms with Crippen molar-refractivity contribution in [2.45, 2.75) is 39.2 Å². The minimum atomic E-state index is -1.01. The topological polar surface area (TPSA) is 60.9 Å². The van der Waals surface area contributed by atoms with Crippen molar-refractivity contribution in [1.82, 2.24) is 9.80 Å². The Labute approximate surface area is 109 Å². The number of nitrogens with zero attached hydrogens (tertiary/aromatic N) is 2. The molecule has 1 N–H and O–H groups in total. The first kappa shape index (κ1) is 15.0. The van der Waals surface area contributed by atoms with E-state index >= 15 is 0 Å². The summed E-state index contributed by atoms with van der Waals surface area (Å²) in [5.74, 6) is -0.494. The van der Waals surface area contributed by atoms with Crippen LogP contribution >= 0.6 is 0 Å². The number of carboxylic acid groups (broad SMARTS) is 1. The Morgan fingerprint density at radius 2 is 1.83 bits per heavy atom. The van der Waals surface area contributed by atoms with Gasteiger partial charge in [0.1, 0.15) is 5.54 Å². The molecule has 0 spiro atoms. The molecule has 1 heterocycles. The normalized spacial score (nSPS) is 19.8. The molecular formula is C13H24N2O3. The highest BCUT2D eigenvalue weighted by Crippen LogP contribution is 2.29. The summed E-state index contributed by atoms with van der Waals surface area (Å²) >= 11 is 0. The van der Waals surface area contributed by atoms with Crippen LogP contribution in [0.4, 0.5) is 0 Å². The molecule has 0 saturated carbocycles. The molecule has 1 fully saturated rings. The van der Waals surface area contributed by atoms with Crippen molar-refractivity contribution in [2.75, 3.05) is 26.7 Å². The predicted octanol–water partition coefficient (Wildman–Crippen LogP) is 1.04. The molecule has 0 aliphatic carbocycles. The number of aliphatic carboxylic acids is 1. The number of piperidine rings is 1. The molecule has 1 aliphatic heterocycles. The van der Waals surface area contributed by atoms with Gasteiger partial charge in [0, 0.05) is 33.6 Å². The van der Waals surface area contributed by atoms with Crippen molar-refractivity contribution in [2.24, 2.45) is 5.92 Å². The van der Waals surface area contributed by atoms with Crippen LogP contribution in [0, 0.1) is 5.92 Å². The van der Waals surface area contributed by atoms with Crippen molar-refractivity contribution in [3.8, 4) is 0 Å². The number of carbonyl (C=O) groups is 2. The number of hydrogen-bond acceptors (Lipinski definition) is 3. The van der Waals surface area contributed by atoms with Crippen molar-refractivity contribution in [3.63, 3.8) is 0 Å². The molecule has 1 rings (SSSR count). The number of likely N-dealkylation sites (tertiary alicyclic amines) is 1. The van der Waals surface area contributed by atoms with Crippen molar-refractivity contribution < 1.29 is 14.7 Å². The third-order valence-corrected chi connectivity index (χ3v) is 3.82. The summed E-state index contributed by atoms with van der Waals surface area (Å²) < 4.78 is 0. The molecule has 0 unspecified atom stereocenters. The van der Waals surface area contributed by atoms with Gasteiger partial charge in [-0.2, -0.15) is 0 Å². The standard InChI is InChI=1S/C13H24N2O3/c1-10(2)9-15-7-5-13(6-8-15,12(17)18)14(4)11(3)16/h10H,5-9H2,1-4H3,(H,17,18). The minimum Gasteiger partial charge on any atom is -0.479 e. The number of rotatable bonds is 4. The fraction of sp³-hybridized carbons (Fsp3) is 0.846. The Bertz CT molecular complexity index is 320. The zero-order valence-electron chi connectivity index (χ0n) is 11.8. The van der Waals surface area contributed by atoms with Gasteiger partial charge >= 0.3 is 5.97 Å². The van der Waals surface area contributed by atoms with Gasteiger partial charge in [-0.25, -0.2) is 4.79 Å². The zero-order chi connectivity index (χ0) is 13.9. The van der Waals surface area contributed by atoms with Gasteiger partial charge in [0.2, 0.25) is 5.91 Å². The highest BCUT2D eigenvalue weighted by molar-refractivity contribution is 5.86. The van der Waals surface area contributed by atoms with E-state index in [1.165, 1.54) is 11.8 Å². The van der Waals surface area contributed by atoms with Crippen molar-refractivity contribution >= 4 is 11.9 Å². The van der Waals surface area contributed by atoms with E-state index in [-0.39, 0.29) is 5.91 Å². The molecule has 0 aromatic heterocycles. The number of carboxylic acids is 1. The minimum absolute atomic E-state index is 0.185. The maximum atomic E-state index is 11.5. The van der Waals surface area contributed by atoms with E-state index in [1.807, 2.05) is 0 Å². The Hall–Kier alpha value is -1.10. The summed E-state index contributed by atoms with van der Waals surface area (Å²) in [5, 5.41) is 9.46. The third kappa shape index (κ3) is 3.02. The van der Waals surface area contributed by atoms with Gasteiger partial charge in [-0.15, -0.1) is 0 Å². The summed E-state index contributed by atoms with van der Waals surface area (Å²) in [6.07, 6.45) is 1.01. The Kier molecular flexibility index (Phi) is 4.73. The SMILES string of the molecule is CC(=O)N(C)C1(C(=O)O)CCN(CC(C)C)CC1. The molecule has 104 valence electrons. The van der Waals surface area contributed by atoms with E-state index in [2.05, 4.69) is 18.7 Å². The summed E-state index contributed by atoms with van der Waals surface area (Å²) in [6.45, 7) is 8.19. The van der Waals surface area contributed by atoms with Crippen LogP contribution in [0.3, 0.4) is 0 Å². The van der Waals surface area contributed by atoms with Gasteiger partial charge in [0.25, 0.3) is 0 Å². The fourth-order valence-electron chi connectivity index (χ4n) is 2.62. The van der Waals surface area contributed by atoms with Gasteiger partial charge in [-0.1, -0.05) is 13.8 Å². The van der Waals surface area contributed by atoms with E-state index in [1.54, 1.807) is 7.05 Å². The second kappa shape index (κ2) is 5.69. The highest BCUT2D eigenvalue weighted by atomic mass is 16.4. The van der Waals surface area contributed by atoms with Crippen LogP contribution < -0.4 is 0 Å². The number of carbonyl (C=O) groups excluding carboxylic acids is 1. The van der Waals surface area contributed by atoms with Gasteiger partial charge in [-0.05, 0) is 18.8 Å². The molecule has 0 radical (unpaired) electrons. The lowest BCUT2D eigenvalue weighted by Gasteiger charge is -2.44. The molecule has 0 aromatic carbocycles. The number of likely N-dealkylation sites (N-methyl/N-ethyl adjacent to an activating group) is 1. The number of amides is 1. The largest absolute Gasteiger partial charge is 0.479 e. The van der Waals surface area contributed by atoms with Crippen LogP contribution in [0.5, 0.6) is 0 Å². The lowest BCUT2D eigenvalue weighted by molar-refractivity contribution is -0.160. The van der Waals surface area contributed by atoms with Crippen LogP contribution in [0.15, 0.2) is 0 Å². The lowest BCUT2D eigenvalue weighted by atomic mass is 9.85. The first-order valence-corrected chi connectivity index (χ1v) is 6.50. The van der Waals surface area contributed by atoms with Gasteiger partial charge in [0.05, 0.1) is 0 Å². The molecule has 1 saturated heterocycles. The molecule has 0 atom stereocenters.